The van der Waals surface area contributed by atoms with Crippen LogP contribution in [0.15, 0.2) is 47.4 Å². The molecule has 0 aliphatic heterocycles. The maximum absolute atomic E-state index is 14.1. The van der Waals surface area contributed by atoms with Crippen LogP contribution >= 0.6 is 11.6 Å². The molecule has 1 heterocycles. The normalized spacial score (nSPS) is 19.3. The van der Waals surface area contributed by atoms with Crippen LogP contribution in [0, 0.1) is 5.82 Å². The van der Waals surface area contributed by atoms with Crippen molar-refractivity contribution in [3.63, 3.8) is 0 Å². The third kappa shape index (κ3) is 6.24. The van der Waals surface area contributed by atoms with Gasteiger partial charge in [0.05, 0.1) is 16.1 Å². The van der Waals surface area contributed by atoms with Crippen LogP contribution in [0.3, 0.4) is 0 Å². The summed E-state index contributed by atoms with van der Waals surface area (Å²) in [5.74, 6) is -1.52. The highest BCUT2D eigenvalue weighted by Crippen LogP contribution is 2.37. The van der Waals surface area contributed by atoms with Gasteiger partial charge in [-0.15, -0.1) is 0 Å². The molecule has 212 valence electrons. The Kier molecular flexibility index (Phi) is 7.76. The third-order valence-electron chi connectivity index (χ3n) is 7.24. The third-order valence-corrected chi connectivity index (χ3v) is 7.53. The molecule has 2 aliphatic carbocycles. The number of rotatable bonds is 7. The molecule has 2 aromatic carbocycles. The van der Waals surface area contributed by atoms with Crippen molar-refractivity contribution >= 4 is 34.3 Å². The summed E-state index contributed by atoms with van der Waals surface area (Å²) in [6, 6.07) is 6.33. The number of nitrogens with zero attached hydrogens (tertiary/aromatic N) is 1. The largest absolute Gasteiger partial charge is 0.484 e. The molecule has 5 rings (SSSR count). The second kappa shape index (κ2) is 11.1. The lowest BCUT2D eigenvalue weighted by Crippen LogP contribution is -2.45. The molecule has 2 N–H and O–H groups in total. The van der Waals surface area contributed by atoms with Gasteiger partial charge >= 0.3 is 6.18 Å². The van der Waals surface area contributed by atoms with Crippen LogP contribution in [0.25, 0.3) is 10.9 Å². The minimum absolute atomic E-state index is 0.0584. The van der Waals surface area contributed by atoms with Gasteiger partial charge in [-0.25, -0.2) is 4.39 Å². The number of hydrogen-bond acceptors (Lipinski definition) is 4. The van der Waals surface area contributed by atoms with Crippen molar-refractivity contribution in [3.05, 3.63) is 74.8 Å². The summed E-state index contributed by atoms with van der Waals surface area (Å²) in [6.45, 7) is -0.344. The maximum atomic E-state index is 14.1. The van der Waals surface area contributed by atoms with Gasteiger partial charge in [0.15, 0.2) is 6.61 Å². The Morgan fingerprint density at radius 3 is 2.20 bits per heavy atom. The van der Waals surface area contributed by atoms with Crippen molar-refractivity contribution < 1.29 is 31.9 Å². The zero-order chi connectivity index (χ0) is 28.6. The van der Waals surface area contributed by atoms with Gasteiger partial charge in [-0.05, 0) is 74.9 Å². The Bertz CT molecular complexity index is 1490. The lowest BCUT2D eigenvalue weighted by Gasteiger charge is -2.29. The van der Waals surface area contributed by atoms with Gasteiger partial charge in [-0.3, -0.25) is 14.4 Å². The average Bonchev–Trinajstić information content (AvgIpc) is 3.75. The van der Waals surface area contributed by atoms with E-state index in [4.69, 9.17) is 16.3 Å². The van der Waals surface area contributed by atoms with Crippen LogP contribution in [-0.2, 0) is 11.0 Å². The number of carbonyl (C=O) groups is 2. The molecule has 3 aromatic rings. The number of ether oxygens (including phenoxy) is 1. The highest BCUT2D eigenvalue weighted by Gasteiger charge is 2.31. The van der Waals surface area contributed by atoms with E-state index in [9.17, 15) is 31.9 Å². The highest BCUT2D eigenvalue weighted by molar-refractivity contribution is 6.31. The van der Waals surface area contributed by atoms with Crippen molar-refractivity contribution in [1.82, 2.24) is 15.2 Å². The molecule has 12 heteroatoms. The van der Waals surface area contributed by atoms with Gasteiger partial charge in [0.2, 0.25) is 5.43 Å². The first-order chi connectivity index (χ1) is 19.0. The number of nitrogens with one attached hydrogen (secondary N) is 2. The Hall–Kier alpha value is -3.60. The van der Waals surface area contributed by atoms with Crippen LogP contribution in [0.1, 0.15) is 60.5 Å². The SMILES string of the molecule is O=C(COc1ccc(C(F)(F)F)cc1)N[C@H]1CC[C@H](NC(=O)c2cn(C3CC3)c3cc(Cl)c(F)cc3c2=O)CC1. The zero-order valence-corrected chi connectivity index (χ0v) is 21.9. The summed E-state index contributed by atoms with van der Waals surface area (Å²) in [7, 11) is 0. The first-order valence-corrected chi connectivity index (χ1v) is 13.3. The van der Waals surface area contributed by atoms with Crippen LogP contribution in [0.4, 0.5) is 17.6 Å². The topological polar surface area (TPSA) is 89.4 Å². The number of hydrogen-bond donors (Lipinski definition) is 2. The average molecular weight is 580 g/mol. The molecule has 0 bridgehead atoms. The molecule has 0 saturated heterocycles. The van der Waals surface area contributed by atoms with Gasteiger partial charge in [-0.1, -0.05) is 11.6 Å². The van der Waals surface area contributed by atoms with E-state index in [2.05, 4.69) is 10.6 Å². The van der Waals surface area contributed by atoms with Crippen molar-refractivity contribution in [2.24, 2.45) is 0 Å². The Balaban J connectivity index is 1.14. The van der Waals surface area contributed by atoms with Gasteiger partial charge in [-0.2, -0.15) is 13.2 Å². The monoisotopic (exact) mass is 579 g/mol. The van der Waals surface area contributed by atoms with Crippen molar-refractivity contribution in [2.75, 3.05) is 6.61 Å². The number of halogens is 5. The standard InChI is InChI=1S/C28H26ClF4N3O4/c29-22-12-24-20(11-23(22)30)26(38)21(13-36(24)18-7-8-18)27(39)35-17-5-3-16(4-6-17)34-25(37)14-40-19-9-1-15(2-10-19)28(31,32)33/h1-2,9-13,16-18H,3-8,14H2,(H,34,37)(H,35,39)/t16-,17-. The van der Waals surface area contributed by atoms with E-state index < -0.39 is 34.8 Å². The van der Waals surface area contributed by atoms with Gasteiger partial charge < -0.3 is 19.9 Å². The van der Waals surface area contributed by atoms with E-state index >= 15 is 0 Å². The smallest absolute Gasteiger partial charge is 0.416 e. The minimum atomic E-state index is -4.45. The molecule has 2 amide bonds. The Morgan fingerprint density at radius 1 is 0.975 bits per heavy atom. The molecule has 0 unspecified atom stereocenters. The summed E-state index contributed by atoms with van der Waals surface area (Å²) >= 11 is 5.94. The summed E-state index contributed by atoms with van der Waals surface area (Å²) < 4.78 is 59.2. The van der Waals surface area contributed by atoms with Crippen LogP contribution in [0.5, 0.6) is 5.75 Å². The Morgan fingerprint density at radius 2 is 1.60 bits per heavy atom. The van der Waals surface area contributed by atoms with E-state index in [0.29, 0.717) is 31.2 Å². The fraction of sp³-hybridized carbons (Fsp3) is 0.393. The van der Waals surface area contributed by atoms with Gasteiger partial charge in [0, 0.05) is 29.7 Å². The second-order valence-electron chi connectivity index (χ2n) is 10.2. The molecule has 2 saturated carbocycles. The summed E-state index contributed by atoms with van der Waals surface area (Å²) in [4.78, 5) is 38.4. The Labute approximate surface area is 231 Å². The molecule has 2 fully saturated rings. The predicted octanol–water partition coefficient (Wildman–Crippen LogP) is 5.38. The first kappa shape index (κ1) is 27.9. The van der Waals surface area contributed by atoms with E-state index in [1.807, 2.05) is 4.57 Å². The number of benzene rings is 2. The second-order valence-corrected chi connectivity index (χ2v) is 10.6. The molecule has 7 nitrogen and oxygen atoms in total. The molecular formula is C28H26ClF4N3O4. The van der Waals surface area contributed by atoms with Crippen LogP contribution in [-0.4, -0.2) is 35.1 Å². The fourth-order valence-electron chi connectivity index (χ4n) is 4.96. The number of alkyl halides is 3. The maximum Gasteiger partial charge on any atom is 0.416 e. The van der Waals surface area contributed by atoms with E-state index in [1.54, 1.807) is 0 Å². The van der Waals surface area contributed by atoms with Crippen LogP contribution < -0.4 is 20.8 Å². The zero-order valence-electron chi connectivity index (χ0n) is 21.2. The van der Waals surface area contributed by atoms with Crippen molar-refractivity contribution in [1.29, 1.82) is 0 Å². The van der Waals surface area contributed by atoms with Gasteiger partial charge in [0.1, 0.15) is 17.1 Å². The van der Waals surface area contributed by atoms with E-state index in [-0.39, 0.29) is 46.5 Å². The van der Waals surface area contributed by atoms with E-state index in [1.165, 1.54) is 12.3 Å². The number of aromatic nitrogens is 1. The quantitative estimate of drug-likeness (QED) is 0.368. The number of carbonyl (C=O) groups excluding carboxylic acids is 2. The summed E-state index contributed by atoms with van der Waals surface area (Å²) in [6.07, 6.45) is 1.12. The first-order valence-electron chi connectivity index (χ1n) is 12.9. The molecule has 1 aromatic heterocycles. The lowest BCUT2D eigenvalue weighted by atomic mass is 9.91. The van der Waals surface area contributed by atoms with Crippen LogP contribution in [0.2, 0.25) is 5.02 Å². The summed E-state index contributed by atoms with van der Waals surface area (Å²) in [5.41, 5.74) is -0.930. The molecule has 2 aliphatic rings. The molecule has 0 spiro atoms. The summed E-state index contributed by atoms with van der Waals surface area (Å²) in [5, 5.41) is 5.75. The number of fused-ring (bicyclic) bond motifs is 1. The minimum Gasteiger partial charge on any atom is -0.484 e. The number of pyridine rings is 1. The van der Waals surface area contributed by atoms with Gasteiger partial charge in [0.25, 0.3) is 11.8 Å². The fourth-order valence-corrected chi connectivity index (χ4v) is 5.12. The molecule has 0 radical (unpaired) electrons. The predicted molar refractivity (Wildman–Crippen MR) is 140 cm³/mol. The molecule has 40 heavy (non-hydrogen) atoms. The highest BCUT2D eigenvalue weighted by atomic mass is 35.5. The van der Waals surface area contributed by atoms with Crippen molar-refractivity contribution in [2.45, 2.75) is 62.8 Å². The molecular weight excluding hydrogens is 554 g/mol. The van der Waals surface area contributed by atoms with E-state index in [0.717, 1.165) is 43.2 Å². The van der Waals surface area contributed by atoms with Crippen molar-refractivity contribution in [3.8, 4) is 5.75 Å². The lowest BCUT2D eigenvalue weighted by molar-refractivity contribution is -0.137. The molecule has 0 atom stereocenters. The number of amides is 2.